The summed E-state index contributed by atoms with van der Waals surface area (Å²) < 4.78 is 0. The normalized spacial score (nSPS) is 14.4. The highest BCUT2D eigenvalue weighted by molar-refractivity contribution is 5.98. The number of carbonyl (C=O) groups is 9. The van der Waals surface area contributed by atoms with Crippen molar-refractivity contribution in [3.8, 4) is 0 Å². The van der Waals surface area contributed by atoms with Crippen molar-refractivity contribution < 1.29 is 48.3 Å². The molecule has 0 saturated heterocycles. The van der Waals surface area contributed by atoms with E-state index >= 15 is 0 Å². The maximum atomic E-state index is 14.4. The Morgan fingerprint density at radius 3 is 1.70 bits per heavy atom. The summed E-state index contributed by atoms with van der Waals surface area (Å²) in [6.07, 6.45) is 3.33. The quantitative estimate of drug-likeness (QED) is 0.0200. The molecule has 74 heavy (non-hydrogen) atoms. The molecule has 412 valence electrons. The fraction of sp³-hybridized carbons (Fsp3) is 0.604. The van der Waals surface area contributed by atoms with Crippen molar-refractivity contribution in [1.82, 2.24) is 47.5 Å². The lowest BCUT2D eigenvalue weighted by atomic mass is 9.97. The standard InChI is InChI=1S/C48H80N16O10/c1-8-27(6)39(46(74)57-23-37(65)60-33(16-12-18-55-48(52)53)42(70)58-24-38(66)67)64-40(68)28(7)59-43(71)34(19-25(2)3)62-45(73)36(21-29-22-56-32-15-10-9-13-30(29)32)63-44(72)35(20-26(4)5)61-41(69)31(49)14-11-17-54-47(50)51/h9-10,13,15,22,25-28,31,33-36,39,56H,8,11-12,14,16-21,23-24,49H2,1-7H3,(H,57,74)(H,58,70)(H,59,71)(H,60,65)(H,61,69)(H,62,73)(H,63,72)(H,64,68)(H,66,67)(H4,50,51,54)(H4,52,53,55)/t27-,28-,31-,33-,34-,35-,36-,39-/m0/s1. The Kier molecular flexibility index (Phi) is 26.9. The van der Waals surface area contributed by atoms with Crippen LogP contribution in [-0.4, -0.2) is 144 Å². The van der Waals surface area contributed by atoms with Gasteiger partial charge in [-0.1, -0.05) is 66.2 Å². The average Bonchev–Trinajstić information content (AvgIpc) is 3.74. The number of aliphatic carboxylic acids is 1. The lowest BCUT2D eigenvalue weighted by Gasteiger charge is -2.28. The molecular weight excluding hydrogens is 961 g/mol. The van der Waals surface area contributed by atoms with Gasteiger partial charge >= 0.3 is 5.97 Å². The number of carbonyl (C=O) groups excluding carboxylic acids is 8. The van der Waals surface area contributed by atoms with E-state index < -0.39 is 115 Å². The second kappa shape index (κ2) is 31.8. The zero-order valence-corrected chi connectivity index (χ0v) is 43.5. The molecule has 8 amide bonds. The van der Waals surface area contributed by atoms with Crippen molar-refractivity contribution in [2.75, 3.05) is 26.2 Å². The van der Waals surface area contributed by atoms with Gasteiger partial charge in [0.25, 0.3) is 0 Å². The third-order valence-electron chi connectivity index (χ3n) is 11.7. The highest BCUT2D eigenvalue weighted by Gasteiger charge is 2.34. The molecule has 8 atom stereocenters. The number of aromatic nitrogens is 1. The van der Waals surface area contributed by atoms with Gasteiger partial charge < -0.3 is 81.3 Å². The molecule has 0 saturated carbocycles. The van der Waals surface area contributed by atoms with Crippen LogP contribution >= 0.6 is 0 Å². The van der Waals surface area contributed by atoms with Crippen molar-refractivity contribution in [3.05, 3.63) is 36.0 Å². The largest absolute Gasteiger partial charge is 0.480 e. The number of nitrogens with one attached hydrogen (secondary N) is 9. The van der Waals surface area contributed by atoms with Crippen LogP contribution in [0.5, 0.6) is 0 Å². The molecule has 1 aromatic carbocycles. The van der Waals surface area contributed by atoms with Gasteiger partial charge in [-0.2, -0.15) is 0 Å². The Hall–Kier alpha value is -7.51. The summed E-state index contributed by atoms with van der Waals surface area (Å²) in [7, 11) is 0. The molecule has 0 aliphatic rings. The first-order chi connectivity index (χ1) is 34.8. The van der Waals surface area contributed by atoms with Crippen LogP contribution in [0, 0.1) is 17.8 Å². The third-order valence-corrected chi connectivity index (χ3v) is 11.7. The molecule has 0 bridgehead atoms. The van der Waals surface area contributed by atoms with E-state index in [0.717, 1.165) is 10.9 Å². The lowest BCUT2D eigenvalue weighted by molar-refractivity contribution is -0.138. The van der Waals surface area contributed by atoms with Gasteiger partial charge in [-0.25, -0.2) is 0 Å². The maximum Gasteiger partial charge on any atom is 0.322 e. The van der Waals surface area contributed by atoms with E-state index in [1.165, 1.54) is 6.92 Å². The second-order valence-electron chi connectivity index (χ2n) is 19.1. The lowest BCUT2D eigenvalue weighted by Crippen LogP contribution is -2.60. The van der Waals surface area contributed by atoms with Crippen LogP contribution in [-0.2, 0) is 49.6 Å². The van der Waals surface area contributed by atoms with Crippen molar-refractivity contribution in [2.45, 2.75) is 142 Å². The molecule has 26 nitrogen and oxygen atoms in total. The van der Waals surface area contributed by atoms with Crippen LogP contribution < -0.4 is 71.2 Å². The van der Waals surface area contributed by atoms with Gasteiger partial charge in [-0.05, 0) is 74.8 Å². The van der Waals surface area contributed by atoms with Gasteiger partial charge in [0, 0.05) is 36.6 Å². The van der Waals surface area contributed by atoms with E-state index in [1.54, 1.807) is 20.0 Å². The van der Waals surface area contributed by atoms with E-state index in [2.05, 4.69) is 57.5 Å². The smallest absolute Gasteiger partial charge is 0.322 e. The number of amides is 8. The number of carboxylic acids is 1. The Morgan fingerprint density at radius 2 is 1.14 bits per heavy atom. The number of nitrogens with zero attached hydrogens (tertiary/aromatic N) is 2. The molecule has 0 aliphatic heterocycles. The van der Waals surface area contributed by atoms with E-state index in [4.69, 9.17) is 33.8 Å². The fourth-order valence-corrected chi connectivity index (χ4v) is 7.55. The number of hydrogen-bond donors (Lipinski definition) is 15. The predicted molar refractivity (Wildman–Crippen MR) is 279 cm³/mol. The summed E-state index contributed by atoms with van der Waals surface area (Å²) in [5.74, 6) is -8.03. The van der Waals surface area contributed by atoms with Crippen molar-refractivity contribution in [1.29, 1.82) is 0 Å². The van der Waals surface area contributed by atoms with Crippen molar-refractivity contribution in [3.63, 3.8) is 0 Å². The number of carboxylic acid groups (broad SMARTS) is 1. The first kappa shape index (κ1) is 62.6. The maximum absolute atomic E-state index is 14.4. The molecule has 0 spiro atoms. The van der Waals surface area contributed by atoms with Gasteiger partial charge in [0.15, 0.2) is 11.9 Å². The Morgan fingerprint density at radius 1 is 0.608 bits per heavy atom. The number of H-pyrrole nitrogens is 1. The molecule has 1 aromatic heterocycles. The van der Waals surface area contributed by atoms with Gasteiger partial charge in [0.05, 0.1) is 12.6 Å². The SMILES string of the molecule is CC[C@H](C)[C@H](NC(=O)[C@H](C)NC(=O)[C@H](CC(C)C)NC(=O)[C@H](Cc1c[nH]c2ccccc12)NC(=O)[C@H](CC(C)C)NC(=O)[C@@H](N)CCCN=C(N)N)C(=O)NCC(=O)N[C@@H](CCCN=C(N)N)C(=O)NCC(=O)O. The van der Waals surface area contributed by atoms with Gasteiger partial charge in [-0.3, -0.25) is 53.1 Å². The van der Waals surface area contributed by atoms with Crippen molar-refractivity contribution in [2.24, 2.45) is 56.4 Å². The van der Waals surface area contributed by atoms with Crippen LogP contribution in [0.3, 0.4) is 0 Å². The van der Waals surface area contributed by atoms with Gasteiger partial charge in [0.1, 0.15) is 42.8 Å². The monoisotopic (exact) mass is 1040 g/mol. The van der Waals surface area contributed by atoms with E-state index in [-0.39, 0.29) is 75.4 Å². The summed E-state index contributed by atoms with van der Waals surface area (Å²) in [5, 5.41) is 30.5. The molecule has 20 N–H and O–H groups in total. The molecule has 0 unspecified atom stereocenters. The minimum absolute atomic E-state index is 0.0206. The molecule has 1 heterocycles. The third kappa shape index (κ3) is 22.9. The molecule has 26 heteroatoms. The summed E-state index contributed by atoms with van der Waals surface area (Å²) >= 11 is 0. The highest BCUT2D eigenvalue weighted by Crippen LogP contribution is 2.20. The number of para-hydroxylation sites is 1. The Bertz CT molecular complexity index is 2280. The summed E-state index contributed by atoms with van der Waals surface area (Å²) in [5.41, 5.74) is 29.1. The first-order valence-corrected chi connectivity index (χ1v) is 24.8. The summed E-state index contributed by atoms with van der Waals surface area (Å²) in [6, 6.07) is -0.799. The van der Waals surface area contributed by atoms with Crippen LogP contribution in [0.25, 0.3) is 10.9 Å². The fourth-order valence-electron chi connectivity index (χ4n) is 7.55. The number of hydrogen-bond acceptors (Lipinski definition) is 12. The Labute approximate surface area is 431 Å². The minimum atomic E-state index is -1.30. The van der Waals surface area contributed by atoms with Gasteiger partial charge in [-0.15, -0.1) is 0 Å². The van der Waals surface area contributed by atoms with E-state index in [9.17, 15) is 43.2 Å². The minimum Gasteiger partial charge on any atom is -0.480 e. The van der Waals surface area contributed by atoms with Crippen molar-refractivity contribution >= 4 is 76.0 Å². The van der Waals surface area contributed by atoms with Crippen LogP contribution in [0.15, 0.2) is 40.4 Å². The molecule has 2 aromatic rings. The van der Waals surface area contributed by atoms with Gasteiger partial charge in [0.2, 0.25) is 47.3 Å². The Balaban J connectivity index is 2.28. The first-order valence-electron chi connectivity index (χ1n) is 24.8. The molecule has 0 aliphatic carbocycles. The summed E-state index contributed by atoms with van der Waals surface area (Å²) in [4.78, 5) is 131. The van der Waals surface area contributed by atoms with Crippen LogP contribution in [0.1, 0.15) is 99.0 Å². The number of nitrogens with two attached hydrogens (primary N) is 5. The topological polar surface area (TPSA) is 441 Å². The molecule has 0 fully saturated rings. The number of benzene rings is 1. The second-order valence-corrected chi connectivity index (χ2v) is 19.1. The number of guanidine groups is 2. The predicted octanol–water partition coefficient (Wildman–Crippen LogP) is -2.47. The average molecular weight is 1040 g/mol. The number of fused-ring (bicyclic) bond motifs is 1. The van der Waals surface area contributed by atoms with Crippen LogP contribution in [0.4, 0.5) is 0 Å². The van der Waals surface area contributed by atoms with E-state index in [1.807, 2.05) is 52.0 Å². The summed E-state index contributed by atoms with van der Waals surface area (Å²) in [6.45, 7) is 11.3. The number of aliphatic imine (C=N–C) groups is 2. The molecule has 0 radical (unpaired) electrons. The van der Waals surface area contributed by atoms with E-state index in [0.29, 0.717) is 18.4 Å². The molecule has 2 rings (SSSR count). The van der Waals surface area contributed by atoms with Crippen LogP contribution in [0.2, 0.25) is 0 Å². The molecular formula is C48H80N16O10. The number of aromatic amines is 1. The number of rotatable bonds is 33. The highest BCUT2D eigenvalue weighted by atomic mass is 16.4. The zero-order valence-electron chi connectivity index (χ0n) is 43.5. The zero-order chi connectivity index (χ0) is 55.7.